The summed E-state index contributed by atoms with van der Waals surface area (Å²) in [6.45, 7) is 7.76. The molecular weight excluding hydrogens is 442 g/mol. The fourth-order valence-corrected chi connectivity index (χ4v) is 3.55. The van der Waals surface area contributed by atoms with Crippen molar-refractivity contribution in [1.82, 2.24) is 19.9 Å². The van der Waals surface area contributed by atoms with Crippen LogP contribution >= 0.6 is 0 Å². The number of carbonyl (C=O) groups is 1. The summed E-state index contributed by atoms with van der Waals surface area (Å²) in [4.78, 5) is 26.5. The Labute approximate surface area is 205 Å². The molecule has 0 saturated heterocycles. The number of benzene rings is 2. The average Bonchev–Trinajstić information content (AvgIpc) is 2.85. The van der Waals surface area contributed by atoms with Crippen LogP contribution in [0.3, 0.4) is 0 Å². The maximum Gasteiger partial charge on any atom is 0.219 e. The monoisotopic (exact) mass is 471 g/mol. The molecule has 8 nitrogen and oxygen atoms in total. The van der Waals surface area contributed by atoms with Crippen molar-refractivity contribution in [3.05, 3.63) is 72.3 Å². The third kappa shape index (κ3) is 5.66. The van der Waals surface area contributed by atoms with E-state index in [1.165, 1.54) is 6.33 Å². The average molecular weight is 472 g/mol. The number of anilines is 2. The molecular formula is C27H29N5O3. The summed E-state index contributed by atoms with van der Waals surface area (Å²) in [6.07, 6.45) is 3.24. The first-order valence-corrected chi connectivity index (χ1v) is 11.4. The molecule has 2 heterocycles. The van der Waals surface area contributed by atoms with E-state index >= 15 is 0 Å². The topological polar surface area (TPSA) is 89.5 Å². The highest BCUT2D eigenvalue weighted by molar-refractivity contribution is 5.95. The van der Waals surface area contributed by atoms with Crippen LogP contribution in [0.2, 0.25) is 0 Å². The zero-order valence-electron chi connectivity index (χ0n) is 20.6. The van der Waals surface area contributed by atoms with Gasteiger partial charge in [0, 0.05) is 25.4 Å². The van der Waals surface area contributed by atoms with Crippen LogP contribution in [0, 0.1) is 13.8 Å². The second-order valence-electron chi connectivity index (χ2n) is 8.51. The van der Waals surface area contributed by atoms with Gasteiger partial charge in [-0.2, -0.15) is 0 Å². The molecule has 2 aromatic carbocycles. The van der Waals surface area contributed by atoms with Gasteiger partial charge in [0.15, 0.2) is 0 Å². The number of hydrogen-bond acceptors (Lipinski definition) is 7. The summed E-state index contributed by atoms with van der Waals surface area (Å²) in [5.41, 5.74) is 3.52. The molecule has 1 atom stereocenters. The smallest absolute Gasteiger partial charge is 0.219 e. The van der Waals surface area contributed by atoms with E-state index in [9.17, 15) is 4.79 Å². The first-order chi connectivity index (χ1) is 16.8. The zero-order valence-corrected chi connectivity index (χ0v) is 20.6. The molecule has 4 rings (SSSR count). The SMILES string of the molecule is CC(=O)N(C)[C@@H](C)COc1cccc2ncnc(Nc3ccc(Oc4ccc(C)nc4)c(C)c3)c12. The van der Waals surface area contributed by atoms with Crippen molar-refractivity contribution in [2.45, 2.75) is 33.7 Å². The van der Waals surface area contributed by atoms with Gasteiger partial charge in [-0.15, -0.1) is 0 Å². The van der Waals surface area contributed by atoms with Crippen LogP contribution in [0.5, 0.6) is 17.2 Å². The molecule has 0 aliphatic heterocycles. The molecule has 35 heavy (non-hydrogen) atoms. The van der Waals surface area contributed by atoms with Gasteiger partial charge in [-0.1, -0.05) is 6.07 Å². The maximum atomic E-state index is 11.7. The van der Waals surface area contributed by atoms with Crippen LogP contribution in [0.15, 0.2) is 61.1 Å². The lowest BCUT2D eigenvalue weighted by Gasteiger charge is -2.24. The van der Waals surface area contributed by atoms with Crippen LogP contribution in [-0.4, -0.2) is 45.5 Å². The van der Waals surface area contributed by atoms with Crippen molar-refractivity contribution >= 4 is 28.3 Å². The lowest BCUT2D eigenvalue weighted by molar-refractivity contribution is -0.129. The maximum absolute atomic E-state index is 11.7. The summed E-state index contributed by atoms with van der Waals surface area (Å²) in [5, 5.41) is 4.17. The Morgan fingerprint density at radius 2 is 1.89 bits per heavy atom. The highest BCUT2D eigenvalue weighted by Gasteiger charge is 2.15. The first kappa shape index (κ1) is 23.9. The van der Waals surface area contributed by atoms with E-state index in [0.717, 1.165) is 33.6 Å². The molecule has 4 aromatic rings. The lowest BCUT2D eigenvalue weighted by Crippen LogP contribution is -2.37. The second-order valence-corrected chi connectivity index (χ2v) is 8.51. The molecule has 0 bridgehead atoms. The van der Waals surface area contributed by atoms with Gasteiger partial charge in [0.25, 0.3) is 0 Å². The van der Waals surface area contributed by atoms with Gasteiger partial charge < -0.3 is 19.7 Å². The van der Waals surface area contributed by atoms with Gasteiger partial charge >= 0.3 is 0 Å². The Morgan fingerprint density at radius 1 is 1.06 bits per heavy atom. The van der Waals surface area contributed by atoms with Gasteiger partial charge in [-0.3, -0.25) is 9.78 Å². The van der Waals surface area contributed by atoms with E-state index < -0.39 is 0 Å². The zero-order chi connectivity index (χ0) is 24.9. The van der Waals surface area contributed by atoms with E-state index in [1.54, 1.807) is 25.1 Å². The van der Waals surface area contributed by atoms with Gasteiger partial charge in [-0.25, -0.2) is 9.97 Å². The summed E-state index contributed by atoms with van der Waals surface area (Å²) in [5.74, 6) is 2.71. The molecule has 0 aliphatic carbocycles. The third-order valence-electron chi connectivity index (χ3n) is 5.81. The molecule has 0 saturated carbocycles. The molecule has 0 unspecified atom stereocenters. The molecule has 180 valence electrons. The number of rotatable bonds is 8. The number of fused-ring (bicyclic) bond motifs is 1. The van der Waals surface area contributed by atoms with Crippen LogP contribution in [-0.2, 0) is 4.79 Å². The molecule has 2 aromatic heterocycles. The van der Waals surface area contributed by atoms with Gasteiger partial charge in [0.1, 0.15) is 36.0 Å². The fraction of sp³-hybridized carbons (Fsp3) is 0.259. The number of likely N-dealkylation sites (N-methyl/N-ethyl adjacent to an activating group) is 1. The van der Waals surface area contributed by atoms with E-state index in [-0.39, 0.29) is 11.9 Å². The Hall–Kier alpha value is -4.20. The summed E-state index contributed by atoms with van der Waals surface area (Å²) >= 11 is 0. The summed E-state index contributed by atoms with van der Waals surface area (Å²) in [7, 11) is 1.76. The van der Waals surface area contributed by atoms with Crippen LogP contribution in [0.25, 0.3) is 10.9 Å². The van der Waals surface area contributed by atoms with E-state index in [0.29, 0.717) is 23.9 Å². The number of ether oxygens (including phenoxy) is 2. The van der Waals surface area contributed by atoms with Crippen molar-refractivity contribution in [3.63, 3.8) is 0 Å². The Bertz CT molecular complexity index is 1340. The third-order valence-corrected chi connectivity index (χ3v) is 5.81. The predicted octanol–water partition coefficient (Wildman–Crippen LogP) is 5.42. The first-order valence-electron chi connectivity index (χ1n) is 11.4. The number of pyridine rings is 1. The second kappa shape index (κ2) is 10.4. The largest absolute Gasteiger partial charge is 0.491 e. The number of carbonyl (C=O) groups excluding carboxylic acids is 1. The minimum atomic E-state index is -0.0808. The molecule has 0 fully saturated rings. The predicted molar refractivity (Wildman–Crippen MR) is 136 cm³/mol. The number of aryl methyl sites for hydroxylation is 2. The fourth-order valence-electron chi connectivity index (χ4n) is 3.55. The minimum Gasteiger partial charge on any atom is -0.491 e. The standard InChI is InChI=1S/C27H29N5O3/c1-17-13-21(10-12-24(17)35-22-11-9-18(2)28-14-22)31-27-26-23(29-16-30-27)7-6-8-25(26)34-15-19(3)32(5)20(4)33/h6-14,16,19H,15H2,1-5H3,(H,29,30,31)/t19-/m0/s1. The van der Waals surface area contributed by atoms with Gasteiger partial charge in [0.2, 0.25) is 5.91 Å². The van der Waals surface area contributed by atoms with Crippen LogP contribution in [0.1, 0.15) is 25.1 Å². The highest BCUT2D eigenvalue weighted by atomic mass is 16.5. The quantitative estimate of drug-likeness (QED) is 0.367. The molecule has 1 amide bonds. The van der Waals surface area contributed by atoms with Gasteiger partial charge in [-0.05, 0) is 68.8 Å². The highest BCUT2D eigenvalue weighted by Crippen LogP contribution is 2.33. The van der Waals surface area contributed by atoms with Crippen molar-refractivity contribution in [1.29, 1.82) is 0 Å². The summed E-state index contributed by atoms with van der Waals surface area (Å²) in [6, 6.07) is 15.3. The molecule has 1 N–H and O–H groups in total. The van der Waals surface area contributed by atoms with Crippen molar-refractivity contribution < 1.29 is 14.3 Å². The number of nitrogens with zero attached hydrogens (tertiary/aromatic N) is 4. The number of amides is 1. The van der Waals surface area contributed by atoms with E-state index in [2.05, 4.69) is 20.3 Å². The van der Waals surface area contributed by atoms with Crippen LogP contribution < -0.4 is 14.8 Å². The summed E-state index contributed by atoms with van der Waals surface area (Å²) < 4.78 is 12.1. The van der Waals surface area contributed by atoms with E-state index in [1.807, 2.05) is 69.3 Å². The molecule has 0 radical (unpaired) electrons. The Balaban J connectivity index is 1.56. The van der Waals surface area contributed by atoms with Crippen molar-refractivity contribution in [3.8, 4) is 17.2 Å². The molecule has 0 spiro atoms. The van der Waals surface area contributed by atoms with Crippen LogP contribution in [0.4, 0.5) is 11.5 Å². The Kier molecular flexibility index (Phi) is 7.10. The molecule has 0 aliphatic rings. The minimum absolute atomic E-state index is 0.00820. The number of hydrogen-bond donors (Lipinski definition) is 1. The van der Waals surface area contributed by atoms with Gasteiger partial charge in [0.05, 0.1) is 23.1 Å². The van der Waals surface area contributed by atoms with Crippen molar-refractivity contribution in [2.24, 2.45) is 0 Å². The van der Waals surface area contributed by atoms with E-state index in [4.69, 9.17) is 9.47 Å². The van der Waals surface area contributed by atoms with Crippen molar-refractivity contribution in [2.75, 3.05) is 19.0 Å². The normalized spacial score (nSPS) is 11.7. The molecule has 8 heteroatoms. The lowest BCUT2D eigenvalue weighted by atomic mass is 10.1. The number of nitrogens with one attached hydrogen (secondary N) is 1. The Morgan fingerprint density at radius 3 is 2.60 bits per heavy atom. The number of aromatic nitrogens is 3.